The Kier molecular flexibility index (Phi) is 5.52. The van der Waals surface area contributed by atoms with Crippen LogP contribution in [0.1, 0.15) is 20.3 Å². The molecule has 0 aliphatic heterocycles. The summed E-state index contributed by atoms with van der Waals surface area (Å²) in [6.07, 6.45) is 2.93. The second kappa shape index (κ2) is 6.71. The smallest absolute Gasteiger partial charge is 0.246 e. The number of rotatable bonds is 7. The van der Waals surface area contributed by atoms with Crippen LogP contribution in [0.15, 0.2) is 22.4 Å². The van der Waals surface area contributed by atoms with Crippen LogP contribution in [-0.2, 0) is 17.1 Å². The molecule has 0 saturated heterocycles. The van der Waals surface area contributed by atoms with Crippen molar-refractivity contribution in [2.24, 2.45) is 23.9 Å². The minimum absolute atomic E-state index is 0.000132. The van der Waals surface area contributed by atoms with Crippen molar-refractivity contribution in [2.75, 3.05) is 13.1 Å². The lowest BCUT2D eigenvalue weighted by Gasteiger charge is -2.22. The van der Waals surface area contributed by atoms with Gasteiger partial charge in [-0.2, -0.15) is 9.40 Å². The molecule has 0 bridgehead atoms. The van der Waals surface area contributed by atoms with Crippen LogP contribution in [0.5, 0.6) is 0 Å². The number of nitrogens with two attached hydrogens (primary N) is 1. The van der Waals surface area contributed by atoms with Crippen LogP contribution in [0.4, 0.5) is 0 Å². The zero-order valence-electron chi connectivity index (χ0n) is 11.9. The third-order valence-corrected chi connectivity index (χ3v) is 4.45. The SMILES string of the molecule is CC(C)CN(CCC(N)=NO)S(=O)(=O)c1cnn(C)c1. The first-order valence-electron chi connectivity index (χ1n) is 6.22. The summed E-state index contributed by atoms with van der Waals surface area (Å²) in [5, 5.41) is 15.3. The molecular weight excluding hydrogens is 282 g/mol. The average Bonchev–Trinajstić information content (AvgIpc) is 2.80. The van der Waals surface area contributed by atoms with Gasteiger partial charge in [0.25, 0.3) is 0 Å². The first-order valence-corrected chi connectivity index (χ1v) is 7.66. The summed E-state index contributed by atoms with van der Waals surface area (Å²) in [4.78, 5) is 0.139. The van der Waals surface area contributed by atoms with Crippen LogP contribution >= 0.6 is 0 Å². The van der Waals surface area contributed by atoms with Crippen molar-refractivity contribution in [3.05, 3.63) is 12.4 Å². The summed E-state index contributed by atoms with van der Waals surface area (Å²) in [5.74, 6) is 0.161. The van der Waals surface area contributed by atoms with Gasteiger partial charge in [0.1, 0.15) is 10.7 Å². The van der Waals surface area contributed by atoms with Gasteiger partial charge in [-0.25, -0.2) is 8.42 Å². The lowest BCUT2D eigenvalue weighted by Crippen LogP contribution is -2.36. The second-order valence-corrected chi connectivity index (χ2v) is 6.89. The van der Waals surface area contributed by atoms with Crippen LogP contribution in [-0.4, -0.2) is 46.6 Å². The van der Waals surface area contributed by atoms with E-state index in [1.165, 1.54) is 21.4 Å². The highest BCUT2D eigenvalue weighted by Gasteiger charge is 2.26. The van der Waals surface area contributed by atoms with Crippen LogP contribution in [0.2, 0.25) is 0 Å². The lowest BCUT2D eigenvalue weighted by atomic mass is 10.2. The molecule has 0 aromatic carbocycles. The number of aromatic nitrogens is 2. The molecule has 1 rings (SSSR count). The molecule has 8 nitrogen and oxygen atoms in total. The largest absolute Gasteiger partial charge is 0.409 e. The fourth-order valence-electron chi connectivity index (χ4n) is 1.69. The lowest BCUT2D eigenvalue weighted by molar-refractivity contribution is 0.314. The fraction of sp³-hybridized carbons (Fsp3) is 0.636. The van der Waals surface area contributed by atoms with Gasteiger partial charge in [0.15, 0.2) is 0 Å². The van der Waals surface area contributed by atoms with E-state index in [2.05, 4.69) is 10.3 Å². The number of hydrogen-bond donors (Lipinski definition) is 2. The molecule has 1 aromatic rings. The van der Waals surface area contributed by atoms with Crippen molar-refractivity contribution < 1.29 is 13.6 Å². The molecule has 0 saturated carbocycles. The van der Waals surface area contributed by atoms with Crippen molar-refractivity contribution in [3.8, 4) is 0 Å². The normalized spacial score (nSPS) is 13.3. The Bertz CT molecular complexity index is 564. The molecule has 0 aliphatic rings. The Balaban J connectivity index is 2.97. The molecule has 0 spiro atoms. The zero-order chi connectivity index (χ0) is 15.3. The van der Waals surface area contributed by atoms with Gasteiger partial charge in [0.05, 0.1) is 6.20 Å². The molecule has 0 aliphatic carbocycles. The first kappa shape index (κ1) is 16.4. The van der Waals surface area contributed by atoms with E-state index in [1.807, 2.05) is 13.8 Å². The van der Waals surface area contributed by atoms with E-state index in [0.29, 0.717) is 6.54 Å². The number of nitrogens with zero attached hydrogens (tertiary/aromatic N) is 4. The topological polar surface area (TPSA) is 114 Å². The maximum absolute atomic E-state index is 12.5. The molecule has 0 atom stereocenters. The monoisotopic (exact) mass is 303 g/mol. The second-order valence-electron chi connectivity index (χ2n) is 4.95. The minimum atomic E-state index is -3.62. The maximum atomic E-state index is 12.5. The molecule has 1 heterocycles. The van der Waals surface area contributed by atoms with E-state index < -0.39 is 10.0 Å². The standard InChI is InChI=1S/C11H21N5O3S/c1-9(2)7-16(5-4-11(12)14-17)20(18,19)10-6-13-15(3)8-10/h6,8-9,17H,4-5,7H2,1-3H3,(H2,12,14). The van der Waals surface area contributed by atoms with Gasteiger partial charge in [0.2, 0.25) is 10.0 Å². The van der Waals surface area contributed by atoms with Gasteiger partial charge in [-0.15, -0.1) is 0 Å². The van der Waals surface area contributed by atoms with Crippen molar-refractivity contribution in [3.63, 3.8) is 0 Å². The van der Waals surface area contributed by atoms with Crippen LogP contribution in [0.25, 0.3) is 0 Å². The molecule has 0 radical (unpaired) electrons. The number of amidine groups is 1. The summed E-state index contributed by atoms with van der Waals surface area (Å²) in [6, 6.07) is 0. The molecule has 1 aromatic heterocycles. The summed E-state index contributed by atoms with van der Waals surface area (Å²) in [5.41, 5.74) is 5.40. The van der Waals surface area contributed by atoms with E-state index in [-0.39, 0.29) is 29.6 Å². The molecule has 0 amide bonds. The number of oxime groups is 1. The summed E-state index contributed by atoms with van der Waals surface area (Å²) < 4.78 is 27.8. The molecule has 3 N–H and O–H groups in total. The van der Waals surface area contributed by atoms with Gasteiger partial charge in [0, 0.05) is 32.8 Å². The number of sulfonamides is 1. The Morgan fingerprint density at radius 3 is 2.70 bits per heavy atom. The van der Waals surface area contributed by atoms with E-state index in [4.69, 9.17) is 10.9 Å². The molecule has 114 valence electrons. The highest BCUT2D eigenvalue weighted by molar-refractivity contribution is 7.89. The number of hydrogen-bond acceptors (Lipinski definition) is 5. The fourth-order valence-corrected chi connectivity index (χ4v) is 3.28. The summed E-state index contributed by atoms with van der Waals surface area (Å²) >= 11 is 0. The zero-order valence-corrected chi connectivity index (χ0v) is 12.7. The minimum Gasteiger partial charge on any atom is -0.409 e. The van der Waals surface area contributed by atoms with Gasteiger partial charge in [-0.3, -0.25) is 4.68 Å². The molecule has 20 heavy (non-hydrogen) atoms. The van der Waals surface area contributed by atoms with Crippen molar-refractivity contribution in [1.82, 2.24) is 14.1 Å². The van der Waals surface area contributed by atoms with Gasteiger partial charge in [-0.05, 0) is 5.92 Å². The Morgan fingerprint density at radius 1 is 1.60 bits per heavy atom. The summed E-state index contributed by atoms with van der Waals surface area (Å²) in [7, 11) is -1.97. The predicted molar refractivity (Wildman–Crippen MR) is 74.8 cm³/mol. The highest BCUT2D eigenvalue weighted by Crippen LogP contribution is 2.16. The van der Waals surface area contributed by atoms with Gasteiger partial charge >= 0.3 is 0 Å². The molecule has 0 fully saturated rings. The van der Waals surface area contributed by atoms with Crippen LogP contribution < -0.4 is 5.73 Å². The van der Waals surface area contributed by atoms with Gasteiger partial charge < -0.3 is 10.9 Å². The van der Waals surface area contributed by atoms with Crippen molar-refractivity contribution >= 4 is 15.9 Å². The van der Waals surface area contributed by atoms with Gasteiger partial charge in [-0.1, -0.05) is 19.0 Å². The van der Waals surface area contributed by atoms with Crippen LogP contribution in [0, 0.1) is 5.92 Å². The Hall–Kier alpha value is -1.61. The van der Waals surface area contributed by atoms with E-state index in [9.17, 15) is 8.42 Å². The van der Waals surface area contributed by atoms with E-state index in [1.54, 1.807) is 7.05 Å². The predicted octanol–water partition coefficient (Wildman–Crippen LogP) is 0.203. The van der Waals surface area contributed by atoms with Crippen LogP contribution in [0.3, 0.4) is 0 Å². The Morgan fingerprint density at radius 2 is 2.25 bits per heavy atom. The molecule has 9 heteroatoms. The van der Waals surface area contributed by atoms with Crippen molar-refractivity contribution in [2.45, 2.75) is 25.2 Å². The number of aryl methyl sites for hydroxylation is 1. The molecular formula is C11H21N5O3S. The quantitative estimate of drug-likeness (QED) is 0.323. The Labute approximate surface area is 118 Å². The first-order chi connectivity index (χ1) is 9.27. The molecule has 0 unspecified atom stereocenters. The van der Waals surface area contributed by atoms with E-state index in [0.717, 1.165) is 0 Å². The maximum Gasteiger partial charge on any atom is 0.246 e. The average molecular weight is 303 g/mol. The highest BCUT2D eigenvalue weighted by atomic mass is 32.2. The van der Waals surface area contributed by atoms with E-state index >= 15 is 0 Å². The van der Waals surface area contributed by atoms with Crippen molar-refractivity contribution in [1.29, 1.82) is 0 Å². The summed E-state index contributed by atoms with van der Waals surface area (Å²) in [6.45, 7) is 4.37. The third kappa shape index (κ3) is 4.20. The third-order valence-electron chi connectivity index (χ3n) is 2.63.